The molecule has 0 aliphatic rings. The Morgan fingerprint density at radius 2 is 2.16 bits per heavy atom. The van der Waals surface area contributed by atoms with Crippen LogP contribution < -0.4 is 5.32 Å². The molecule has 1 aromatic heterocycles. The second kappa shape index (κ2) is 4.81. The average Bonchev–Trinajstić information content (AvgIpc) is 2.78. The van der Waals surface area contributed by atoms with Gasteiger partial charge in [-0.1, -0.05) is 0 Å². The molecule has 1 heterocycles. The summed E-state index contributed by atoms with van der Waals surface area (Å²) in [5.74, 6) is -0.757. The zero-order valence-corrected chi connectivity index (χ0v) is 9.91. The molecule has 0 atom stereocenters. The SMILES string of the molecule is Cc1ccoc1C(=O)Nc1cc([N+](=O)[O-])ccc1O. The molecule has 0 aliphatic heterocycles. The van der Waals surface area contributed by atoms with Crippen molar-refractivity contribution in [1.82, 2.24) is 0 Å². The molecule has 7 heteroatoms. The van der Waals surface area contributed by atoms with Crippen molar-refractivity contribution in [3.8, 4) is 5.75 Å². The number of carbonyl (C=O) groups is 1. The molecule has 98 valence electrons. The van der Waals surface area contributed by atoms with Crippen LogP contribution in [0.25, 0.3) is 0 Å². The normalized spacial score (nSPS) is 10.2. The van der Waals surface area contributed by atoms with Gasteiger partial charge in [-0.25, -0.2) is 0 Å². The van der Waals surface area contributed by atoms with E-state index in [2.05, 4.69) is 5.32 Å². The number of nitrogens with zero attached hydrogens (tertiary/aromatic N) is 1. The summed E-state index contributed by atoms with van der Waals surface area (Å²) in [5.41, 5.74) is 0.349. The van der Waals surface area contributed by atoms with Crippen LogP contribution in [0.3, 0.4) is 0 Å². The Bertz CT molecular complexity index is 647. The quantitative estimate of drug-likeness (QED) is 0.502. The van der Waals surface area contributed by atoms with Crippen molar-refractivity contribution in [2.75, 3.05) is 5.32 Å². The third-order valence-electron chi connectivity index (χ3n) is 2.51. The number of nitro groups is 1. The maximum Gasteiger partial charge on any atom is 0.291 e. The summed E-state index contributed by atoms with van der Waals surface area (Å²) in [6.45, 7) is 1.69. The van der Waals surface area contributed by atoms with Crippen LogP contribution >= 0.6 is 0 Å². The van der Waals surface area contributed by atoms with Gasteiger partial charge in [0.2, 0.25) is 0 Å². The second-order valence-corrected chi connectivity index (χ2v) is 3.85. The molecule has 0 aliphatic carbocycles. The third kappa shape index (κ3) is 2.54. The van der Waals surface area contributed by atoms with E-state index >= 15 is 0 Å². The summed E-state index contributed by atoms with van der Waals surface area (Å²) in [5, 5.41) is 22.6. The lowest BCUT2D eigenvalue weighted by molar-refractivity contribution is -0.384. The standard InChI is InChI=1S/C12H10N2O5/c1-7-4-5-19-11(7)12(16)13-9-6-8(14(17)18)2-3-10(9)15/h2-6,15H,1H3,(H,13,16). The molecule has 0 bridgehead atoms. The van der Waals surface area contributed by atoms with Gasteiger partial charge in [-0.2, -0.15) is 0 Å². The fourth-order valence-corrected chi connectivity index (χ4v) is 1.52. The first-order valence-corrected chi connectivity index (χ1v) is 5.32. The highest BCUT2D eigenvalue weighted by molar-refractivity contribution is 6.04. The number of phenolic OH excluding ortho intramolecular Hbond substituents is 1. The van der Waals surface area contributed by atoms with E-state index in [1.54, 1.807) is 13.0 Å². The van der Waals surface area contributed by atoms with Crippen LogP contribution in [0.1, 0.15) is 16.1 Å². The number of hydrogen-bond acceptors (Lipinski definition) is 5. The number of phenols is 1. The Labute approximate surface area is 107 Å². The van der Waals surface area contributed by atoms with Crippen LogP contribution in [0.5, 0.6) is 5.75 Å². The number of carbonyl (C=O) groups excluding carboxylic acids is 1. The van der Waals surface area contributed by atoms with Crippen molar-refractivity contribution in [3.05, 3.63) is 52.0 Å². The maximum atomic E-state index is 11.8. The lowest BCUT2D eigenvalue weighted by atomic mass is 10.2. The smallest absolute Gasteiger partial charge is 0.291 e. The van der Waals surface area contributed by atoms with Crippen molar-refractivity contribution in [2.45, 2.75) is 6.92 Å². The number of amides is 1. The second-order valence-electron chi connectivity index (χ2n) is 3.85. The zero-order chi connectivity index (χ0) is 14.0. The number of anilines is 1. The van der Waals surface area contributed by atoms with Crippen LogP contribution in [0.4, 0.5) is 11.4 Å². The summed E-state index contributed by atoms with van der Waals surface area (Å²) >= 11 is 0. The van der Waals surface area contributed by atoms with Crippen LogP contribution in [-0.4, -0.2) is 15.9 Å². The molecule has 1 amide bonds. The summed E-state index contributed by atoms with van der Waals surface area (Å²) in [6.07, 6.45) is 1.36. The Kier molecular flexibility index (Phi) is 3.19. The van der Waals surface area contributed by atoms with E-state index in [0.29, 0.717) is 5.56 Å². The van der Waals surface area contributed by atoms with Gasteiger partial charge in [0.1, 0.15) is 5.75 Å². The number of aromatic hydroxyl groups is 1. The van der Waals surface area contributed by atoms with Crippen LogP contribution in [0.15, 0.2) is 34.9 Å². The van der Waals surface area contributed by atoms with E-state index in [1.165, 1.54) is 6.26 Å². The molecule has 0 saturated heterocycles. The number of furan rings is 1. The van der Waals surface area contributed by atoms with E-state index in [9.17, 15) is 20.0 Å². The largest absolute Gasteiger partial charge is 0.506 e. The van der Waals surface area contributed by atoms with E-state index in [1.807, 2.05) is 0 Å². The van der Waals surface area contributed by atoms with E-state index in [-0.39, 0.29) is 22.9 Å². The van der Waals surface area contributed by atoms with Gasteiger partial charge in [-0.3, -0.25) is 14.9 Å². The van der Waals surface area contributed by atoms with Gasteiger partial charge in [0, 0.05) is 17.7 Å². The molecule has 0 fully saturated rings. The number of non-ortho nitro benzene ring substituents is 1. The first kappa shape index (κ1) is 12.6. The first-order chi connectivity index (χ1) is 8.99. The van der Waals surface area contributed by atoms with E-state index in [0.717, 1.165) is 18.2 Å². The summed E-state index contributed by atoms with van der Waals surface area (Å²) in [7, 11) is 0. The molecule has 7 nitrogen and oxygen atoms in total. The summed E-state index contributed by atoms with van der Waals surface area (Å²) < 4.78 is 4.99. The van der Waals surface area contributed by atoms with Gasteiger partial charge in [0.25, 0.3) is 11.6 Å². The Morgan fingerprint density at radius 1 is 1.42 bits per heavy atom. The number of nitro benzene ring substituents is 1. The molecule has 0 unspecified atom stereocenters. The predicted octanol–water partition coefficient (Wildman–Crippen LogP) is 2.45. The van der Waals surface area contributed by atoms with Gasteiger partial charge in [0.15, 0.2) is 5.76 Å². The van der Waals surface area contributed by atoms with E-state index < -0.39 is 10.8 Å². The van der Waals surface area contributed by atoms with Crippen molar-refractivity contribution in [3.63, 3.8) is 0 Å². The minimum atomic E-state index is -0.618. The summed E-state index contributed by atoms with van der Waals surface area (Å²) in [6, 6.07) is 4.97. The minimum absolute atomic E-state index is 0.0463. The average molecular weight is 262 g/mol. The van der Waals surface area contributed by atoms with Crippen LogP contribution in [-0.2, 0) is 0 Å². The van der Waals surface area contributed by atoms with E-state index in [4.69, 9.17) is 4.42 Å². The highest BCUT2D eigenvalue weighted by atomic mass is 16.6. The molecular weight excluding hydrogens is 252 g/mol. The number of aryl methyl sites for hydroxylation is 1. The van der Waals surface area contributed by atoms with Crippen molar-refractivity contribution < 1.29 is 19.2 Å². The highest BCUT2D eigenvalue weighted by Gasteiger charge is 2.16. The molecule has 1 aromatic carbocycles. The molecule has 2 rings (SSSR count). The molecule has 0 radical (unpaired) electrons. The van der Waals surface area contributed by atoms with Crippen molar-refractivity contribution in [2.24, 2.45) is 0 Å². The number of rotatable bonds is 3. The molecule has 19 heavy (non-hydrogen) atoms. The Morgan fingerprint density at radius 3 is 2.74 bits per heavy atom. The number of benzene rings is 1. The van der Waals surface area contributed by atoms with Crippen molar-refractivity contribution >= 4 is 17.3 Å². The van der Waals surface area contributed by atoms with Crippen molar-refractivity contribution in [1.29, 1.82) is 0 Å². The lowest BCUT2D eigenvalue weighted by Gasteiger charge is -2.06. The van der Waals surface area contributed by atoms with Gasteiger partial charge in [-0.05, 0) is 19.1 Å². The molecule has 2 aromatic rings. The predicted molar refractivity (Wildman–Crippen MR) is 66.2 cm³/mol. The van der Waals surface area contributed by atoms with Gasteiger partial charge >= 0.3 is 0 Å². The molecule has 0 spiro atoms. The van der Waals surface area contributed by atoms with Crippen LogP contribution in [0.2, 0.25) is 0 Å². The summed E-state index contributed by atoms with van der Waals surface area (Å²) in [4.78, 5) is 21.9. The topological polar surface area (TPSA) is 106 Å². The fraction of sp³-hybridized carbons (Fsp3) is 0.0833. The zero-order valence-electron chi connectivity index (χ0n) is 9.91. The van der Waals surface area contributed by atoms with Gasteiger partial charge in [0.05, 0.1) is 16.9 Å². The minimum Gasteiger partial charge on any atom is -0.506 e. The molecule has 0 saturated carbocycles. The lowest BCUT2D eigenvalue weighted by Crippen LogP contribution is -2.12. The molecular formula is C12H10N2O5. The Hall–Kier alpha value is -2.83. The first-order valence-electron chi connectivity index (χ1n) is 5.32. The van der Waals surface area contributed by atoms with Gasteiger partial charge in [-0.15, -0.1) is 0 Å². The number of hydrogen-bond donors (Lipinski definition) is 2. The third-order valence-corrected chi connectivity index (χ3v) is 2.51. The Balaban J connectivity index is 2.28. The van der Waals surface area contributed by atoms with Crippen LogP contribution in [0, 0.1) is 17.0 Å². The maximum absolute atomic E-state index is 11.8. The number of nitrogens with one attached hydrogen (secondary N) is 1. The monoisotopic (exact) mass is 262 g/mol. The molecule has 2 N–H and O–H groups in total. The van der Waals surface area contributed by atoms with Gasteiger partial charge < -0.3 is 14.8 Å². The highest BCUT2D eigenvalue weighted by Crippen LogP contribution is 2.28. The fourth-order valence-electron chi connectivity index (χ4n) is 1.52.